The molecule has 5 rings (SSSR count). The standard InChI is InChI=1S/C19H28ClNO3/c1-12(16(22)21-15-4-2-3-5-15)24-17(23)18-7-13-6-14(8-18)10-19(20,9-13)11-18/h12-15H,2-11H2,1H3,(H,21,22)/t12-,13+,14+,18?,19?/m1/s1. The second-order valence-corrected chi connectivity index (χ2v) is 9.73. The van der Waals surface area contributed by atoms with Crippen molar-refractivity contribution >= 4 is 23.5 Å². The van der Waals surface area contributed by atoms with Gasteiger partial charge in [0, 0.05) is 10.9 Å². The molecule has 1 amide bonds. The molecular formula is C19H28ClNO3. The largest absolute Gasteiger partial charge is 0.452 e. The second-order valence-electron chi connectivity index (χ2n) is 8.93. The molecule has 0 heterocycles. The molecule has 5 fully saturated rings. The minimum absolute atomic E-state index is 0.152. The van der Waals surface area contributed by atoms with Crippen molar-refractivity contribution in [1.82, 2.24) is 5.32 Å². The number of esters is 1. The predicted octanol–water partition coefficient (Wildman–Crippen LogP) is 3.55. The molecule has 0 spiro atoms. The van der Waals surface area contributed by atoms with Crippen LogP contribution < -0.4 is 5.32 Å². The first kappa shape index (κ1) is 16.7. The Hall–Kier alpha value is -0.770. The quantitative estimate of drug-likeness (QED) is 0.621. The number of alkyl halides is 1. The topological polar surface area (TPSA) is 55.4 Å². The third-order valence-corrected chi connectivity index (χ3v) is 7.22. The highest BCUT2D eigenvalue weighted by Gasteiger charge is 2.61. The minimum atomic E-state index is -0.711. The van der Waals surface area contributed by atoms with Crippen molar-refractivity contribution in [3.8, 4) is 0 Å². The lowest BCUT2D eigenvalue weighted by Crippen LogP contribution is -2.57. The van der Waals surface area contributed by atoms with Crippen molar-refractivity contribution in [2.75, 3.05) is 0 Å². The van der Waals surface area contributed by atoms with E-state index in [4.69, 9.17) is 16.3 Å². The zero-order valence-electron chi connectivity index (χ0n) is 14.5. The first-order valence-electron chi connectivity index (χ1n) is 9.58. The number of rotatable bonds is 4. The number of nitrogens with one attached hydrogen (secondary N) is 1. The van der Waals surface area contributed by atoms with Gasteiger partial charge in [0.15, 0.2) is 6.10 Å². The third kappa shape index (κ3) is 2.95. The van der Waals surface area contributed by atoms with Gasteiger partial charge in [-0.1, -0.05) is 12.8 Å². The van der Waals surface area contributed by atoms with Gasteiger partial charge in [-0.15, -0.1) is 11.6 Å². The Balaban J connectivity index is 1.39. The molecule has 0 aliphatic heterocycles. The monoisotopic (exact) mass is 353 g/mol. The highest BCUT2D eigenvalue weighted by Crippen LogP contribution is 2.64. The van der Waals surface area contributed by atoms with Gasteiger partial charge in [0.05, 0.1) is 5.41 Å². The first-order valence-corrected chi connectivity index (χ1v) is 9.96. The van der Waals surface area contributed by atoms with Crippen LogP contribution in [0.25, 0.3) is 0 Å². The summed E-state index contributed by atoms with van der Waals surface area (Å²) in [7, 11) is 0. The maximum Gasteiger partial charge on any atom is 0.312 e. The maximum atomic E-state index is 12.9. The SMILES string of the molecule is C[C@@H](OC(=O)C12C[C@@H]3C[C@H](CC(Cl)(C3)C1)C2)C(=O)NC1CCCC1. The summed E-state index contributed by atoms with van der Waals surface area (Å²) in [6.45, 7) is 1.69. The molecule has 3 atom stereocenters. The zero-order chi connectivity index (χ0) is 16.9. The van der Waals surface area contributed by atoms with Crippen LogP contribution in [0.2, 0.25) is 0 Å². The van der Waals surface area contributed by atoms with E-state index in [1.165, 1.54) is 19.3 Å². The predicted molar refractivity (Wildman–Crippen MR) is 91.7 cm³/mol. The molecular weight excluding hydrogens is 326 g/mol. The van der Waals surface area contributed by atoms with Gasteiger partial charge in [0.1, 0.15) is 0 Å². The van der Waals surface area contributed by atoms with Gasteiger partial charge in [-0.05, 0) is 70.1 Å². The number of hydrogen-bond donors (Lipinski definition) is 1. The molecule has 5 saturated carbocycles. The molecule has 5 aliphatic carbocycles. The van der Waals surface area contributed by atoms with Crippen LogP contribution >= 0.6 is 11.6 Å². The van der Waals surface area contributed by atoms with Gasteiger partial charge in [0.25, 0.3) is 5.91 Å². The Labute approximate surface area is 149 Å². The molecule has 0 aromatic rings. The van der Waals surface area contributed by atoms with E-state index in [9.17, 15) is 9.59 Å². The van der Waals surface area contributed by atoms with Gasteiger partial charge in [-0.3, -0.25) is 9.59 Å². The molecule has 0 unspecified atom stereocenters. The number of halogens is 1. The Bertz CT molecular complexity index is 529. The van der Waals surface area contributed by atoms with E-state index in [0.29, 0.717) is 11.8 Å². The van der Waals surface area contributed by atoms with E-state index in [0.717, 1.165) is 44.9 Å². The Morgan fingerprint density at radius 3 is 2.33 bits per heavy atom. The van der Waals surface area contributed by atoms with Gasteiger partial charge in [-0.2, -0.15) is 0 Å². The highest BCUT2D eigenvalue weighted by molar-refractivity contribution is 6.24. The van der Waals surface area contributed by atoms with Crippen LogP contribution in [0.1, 0.15) is 71.1 Å². The van der Waals surface area contributed by atoms with Gasteiger partial charge in [0.2, 0.25) is 0 Å². The van der Waals surface area contributed by atoms with Crippen molar-refractivity contribution in [2.45, 2.75) is 88.2 Å². The van der Waals surface area contributed by atoms with E-state index in [1.54, 1.807) is 6.92 Å². The van der Waals surface area contributed by atoms with Crippen LogP contribution in [0.15, 0.2) is 0 Å². The van der Waals surface area contributed by atoms with Crippen LogP contribution in [0.4, 0.5) is 0 Å². The van der Waals surface area contributed by atoms with Gasteiger partial charge in [-0.25, -0.2) is 0 Å². The van der Waals surface area contributed by atoms with Crippen molar-refractivity contribution in [2.24, 2.45) is 17.3 Å². The summed E-state index contributed by atoms with van der Waals surface area (Å²) in [6, 6.07) is 0.254. The van der Waals surface area contributed by atoms with E-state index in [2.05, 4.69) is 5.32 Å². The molecule has 5 aliphatic rings. The Morgan fingerprint density at radius 1 is 1.12 bits per heavy atom. The first-order chi connectivity index (χ1) is 11.4. The summed E-state index contributed by atoms with van der Waals surface area (Å²) in [6.07, 6.45) is 9.51. The fourth-order valence-electron chi connectivity index (χ4n) is 6.12. The number of carbonyl (C=O) groups is 2. The minimum Gasteiger partial charge on any atom is -0.452 e. The molecule has 0 aromatic carbocycles. The number of amides is 1. The van der Waals surface area contributed by atoms with Crippen molar-refractivity contribution < 1.29 is 14.3 Å². The number of hydrogen-bond acceptors (Lipinski definition) is 3. The summed E-state index contributed by atoms with van der Waals surface area (Å²) in [5.74, 6) is 0.772. The smallest absolute Gasteiger partial charge is 0.312 e. The van der Waals surface area contributed by atoms with Crippen LogP contribution in [0.3, 0.4) is 0 Å². The molecule has 24 heavy (non-hydrogen) atoms. The maximum absolute atomic E-state index is 12.9. The molecule has 4 bridgehead atoms. The number of ether oxygens (including phenoxy) is 1. The van der Waals surface area contributed by atoms with Crippen LogP contribution in [-0.4, -0.2) is 28.9 Å². The summed E-state index contributed by atoms with van der Waals surface area (Å²) < 4.78 is 5.64. The lowest BCUT2D eigenvalue weighted by atomic mass is 9.49. The lowest BCUT2D eigenvalue weighted by molar-refractivity contribution is -0.177. The fraction of sp³-hybridized carbons (Fsp3) is 0.895. The summed E-state index contributed by atoms with van der Waals surface area (Å²) >= 11 is 6.79. The Morgan fingerprint density at radius 2 is 1.75 bits per heavy atom. The summed E-state index contributed by atoms with van der Waals surface area (Å²) in [5, 5.41) is 3.02. The van der Waals surface area contributed by atoms with Crippen molar-refractivity contribution in [1.29, 1.82) is 0 Å². The summed E-state index contributed by atoms with van der Waals surface area (Å²) in [4.78, 5) is 25.0. The zero-order valence-corrected chi connectivity index (χ0v) is 15.2. The van der Waals surface area contributed by atoms with Crippen LogP contribution in [0.5, 0.6) is 0 Å². The summed E-state index contributed by atoms with van der Waals surface area (Å²) in [5.41, 5.74) is -0.437. The average Bonchev–Trinajstić information content (AvgIpc) is 2.97. The van der Waals surface area contributed by atoms with Crippen LogP contribution in [0, 0.1) is 17.3 Å². The Kier molecular flexibility index (Phi) is 4.10. The molecule has 4 nitrogen and oxygen atoms in total. The average molecular weight is 354 g/mol. The second kappa shape index (κ2) is 5.89. The molecule has 1 N–H and O–H groups in total. The lowest BCUT2D eigenvalue weighted by Gasteiger charge is -2.58. The third-order valence-electron chi connectivity index (χ3n) is 6.78. The van der Waals surface area contributed by atoms with Gasteiger partial charge < -0.3 is 10.1 Å². The van der Waals surface area contributed by atoms with Crippen LogP contribution in [-0.2, 0) is 14.3 Å². The molecule has 0 radical (unpaired) electrons. The van der Waals surface area contributed by atoms with E-state index >= 15 is 0 Å². The van der Waals surface area contributed by atoms with Gasteiger partial charge >= 0.3 is 5.97 Å². The highest BCUT2D eigenvalue weighted by atomic mass is 35.5. The van der Waals surface area contributed by atoms with E-state index in [-0.39, 0.29) is 22.8 Å². The van der Waals surface area contributed by atoms with E-state index in [1.807, 2.05) is 0 Å². The van der Waals surface area contributed by atoms with E-state index < -0.39 is 11.5 Å². The number of carbonyl (C=O) groups excluding carboxylic acids is 2. The normalized spacial score (nSPS) is 42.1. The molecule has 0 saturated heterocycles. The van der Waals surface area contributed by atoms with Crippen molar-refractivity contribution in [3.05, 3.63) is 0 Å². The molecule has 0 aromatic heterocycles. The molecule has 5 heteroatoms. The van der Waals surface area contributed by atoms with Crippen molar-refractivity contribution in [3.63, 3.8) is 0 Å². The molecule has 134 valence electrons. The fourth-order valence-corrected chi connectivity index (χ4v) is 6.81.